The summed E-state index contributed by atoms with van der Waals surface area (Å²) in [5.41, 5.74) is 3.59. The Morgan fingerprint density at radius 1 is 0.731 bits per heavy atom. The molecule has 0 aliphatic carbocycles. The first-order valence-electron chi connectivity index (χ1n) is 8.20. The molecule has 0 saturated heterocycles. The van der Waals surface area contributed by atoms with Crippen molar-refractivity contribution >= 4 is 28.9 Å². The molecule has 2 amide bonds. The predicted octanol–water partition coefficient (Wildman–Crippen LogP) is 5.21. The van der Waals surface area contributed by atoms with Gasteiger partial charge < -0.3 is 0 Å². The molecule has 5 heteroatoms. The summed E-state index contributed by atoms with van der Waals surface area (Å²) in [4.78, 5) is 26.5. The molecule has 4 rings (SSSR count). The molecule has 3 aromatic carbocycles. The van der Waals surface area contributed by atoms with Gasteiger partial charge in [0.15, 0.2) is 0 Å². The van der Waals surface area contributed by atoms with Gasteiger partial charge in [-0.2, -0.15) is 10.2 Å². The van der Waals surface area contributed by atoms with Crippen molar-refractivity contribution in [2.75, 3.05) is 4.90 Å². The second-order valence-corrected chi connectivity index (χ2v) is 6.00. The molecule has 0 aromatic heterocycles. The first-order valence-corrected chi connectivity index (χ1v) is 8.20. The van der Waals surface area contributed by atoms with Crippen LogP contribution in [0.15, 0.2) is 83.0 Å². The number of carbonyl (C=O) groups excluding carboxylic acids is 2. The van der Waals surface area contributed by atoms with E-state index in [0.29, 0.717) is 22.5 Å². The molecular weight excluding hydrogens is 326 g/mol. The Hall–Kier alpha value is -3.60. The van der Waals surface area contributed by atoms with Gasteiger partial charge in [0.1, 0.15) is 0 Å². The first kappa shape index (κ1) is 15.9. The van der Waals surface area contributed by atoms with Crippen molar-refractivity contribution in [3.8, 4) is 0 Å². The van der Waals surface area contributed by atoms with E-state index in [1.165, 1.54) is 4.90 Å². The van der Waals surface area contributed by atoms with Crippen LogP contribution < -0.4 is 4.90 Å². The van der Waals surface area contributed by atoms with E-state index in [0.717, 1.165) is 11.3 Å². The van der Waals surface area contributed by atoms with Gasteiger partial charge in [-0.1, -0.05) is 36.4 Å². The lowest BCUT2D eigenvalue weighted by Crippen LogP contribution is -2.29. The van der Waals surface area contributed by atoms with Crippen molar-refractivity contribution in [3.63, 3.8) is 0 Å². The van der Waals surface area contributed by atoms with Crippen LogP contribution in [-0.4, -0.2) is 11.8 Å². The molecule has 0 fully saturated rings. The Morgan fingerprint density at radius 2 is 1.35 bits per heavy atom. The zero-order valence-electron chi connectivity index (χ0n) is 14.1. The number of amides is 2. The van der Waals surface area contributed by atoms with Crippen LogP contribution in [0.5, 0.6) is 0 Å². The highest BCUT2D eigenvalue weighted by atomic mass is 16.2. The average Bonchev–Trinajstić information content (AvgIpc) is 2.93. The largest absolute Gasteiger partial charge is 0.268 e. The van der Waals surface area contributed by atoms with Crippen molar-refractivity contribution in [1.82, 2.24) is 0 Å². The fraction of sp³-hybridized carbons (Fsp3) is 0.0476. The maximum absolute atomic E-state index is 12.6. The van der Waals surface area contributed by atoms with E-state index in [1.54, 1.807) is 36.4 Å². The lowest BCUT2D eigenvalue weighted by molar-refractivity contribution is 0.0926. The van der Waals surface area contributed by atoms with Gasteiger partial charge in [0.05, 0.1) is 28.2 Å². The number of carbonyl (C=O) groups is 2. The number of aryl methyl sites for hydroxylation is 1. The summed E-state index contributed by atoms with van der Waals surface area (Å²) in [5.74, 6) is -0.638. The number of azo groups is 1. The molecule has 0 saturated carbocycles. The van der Waals surface area contributed by atoms with Gasteiger partial charge in [0, 0.05) is 0 Å². The molecule has 0 spiro atoms. The van der Waals surface area contributed by atoms with E-state index in [9.17, 15) is 9.59 Å². The minimum Gasteiger partial charge on any atom is -0.268 e. The van der Waals surface area contributed by atoms with Gasteiger partial charge in [-0.3, -0.25) is 9.59 Å². The summed E-state index contributed by atoms with van der Waals surface area (Å²) in [6.45, 7) is 1.91. The van der Waals surface area contributed by atoms with Crippen LogP contribution in [0.4, 0.5) is 17.1 Å². The third-order valence-electron chi connectivity index (χ3n) is 4.27. The SMILES string of the molecule is Cc1ccc(N2C(=O)c3ccccc3C2=O)cc1N=Nc1ccccc1. The maximum Gasteiger partial charge on any atom is 0.266 e. The van der Waals surface area contributed by atoms with Crippen LogP contribution in [0, 0.1) is 6.92 Å². The second-order valence-electron chi connectivity index (χ2n) is 6.00. The number of hydrogen-bond donors (Lipinski definition) is 0. The van der Waals surface area contributed by atoms with Crippen LogP contribution in [0.2, 0.25) is 0 Å². The summed E-state index contributed by atoms with van der Waals surface area (Å²) >= 11 is 0. The highest BCUT2D eigenvalue weighted by molar-refractivity contribution is 6.34. The predicted molar refractivity (Wildman–Crippen MR) is 99.4 cm³/mol. The topological polar surface area (TPSA) is 62.1 Å². The van der Waals surface area contributed by atoms with E-state index < -0.39 is 0 Å². The van der Waals surface area contributed by atoms with Crippen molar-refractivity contribution in [2.45, 2.75) is 6.92 Å². The summed E-state index contributed by atoms with van der Waals surface area (Å²) in [5, 5.41) is 8.50. The minimum atomic E-state index is -0.319. The summed E-state index contributed by atoms with van der Waals surface area (Å²) in [7, 11) is 0. The maximum atomic E-state index is 12.6. The second kappa shape index (κ2) is 6.37. The quantitative estimate of drug-likeness (QED) is 0.485. The van der Waals surface area contributed by atoms with Gasteiger partial charge in [-0.25, -0.2) is 4.90 Å². The standard InChI is InChI=1S/C21H15N3O2/c1-14-11-12-16(13-19(14)23-22-15-7-3-2-4-8-15)24-20(25)17-9-5-6-10-18(17)21(24)26/h2-13H,1H3. The van der Waals surface area contributed by atoms with Gasteiger partial charge in [0.2, 0.25) is 0 Å². The molecule has 1 aliphatic heterocycles. The first-order chi connectivity index (χ1) is 12.6. The number of hydrogen-bond acceptors (Lipinski definition) is 4. The number of anilines is 1. The highest BCUT2D eigenvalue weighted by Gasteiger charge is 2.36. The van der Waals surface area contributed by atoms with E-state index in [2.05, 4.69) is 10.2 Å². The summed E-state index contributed by atoms with van der Waals surface area (Å²) < 4.78 is 0. The summed E-state index contributed by atoms with van der Waals surface area (Å²) in [6, 6.07) is 21.5. The lowest BCUT2D eigenvalue weighted by Gasteiger charge is -2.15. The van der Waals surface area contributed by atoms with E-state index in [-0.39, 0.29) is 11.8 Å². The minimum absolute atomic E-state index is 0.319. The number of imide groups is 1. The molecule has 0 unspecified atom stereocenters. The molecule has 0 atom stereocenters. The average molecular weight is 341 g/mol. The van der Waals surface area contributed by atoms with Crippen molar-refractivity contribution in [2.24, 2.45) is 10.2 Å². The Bertz CT molecular complexity index is 1010. The molecule has 0 bridgehead atoms. The van der Waals surface area contributed by atoms with E-state index >= 15 is 0 Å². The fourth-order valence-corrected chi connectivity index (χ4v) is 2.87. The Kier molecular flexibility index (Phi) is 3.89. The molecule has 26 heavy (non-hydrogen) atoms. The number of benzene rings is 3. The van der Waals surface area contributed by atoms with Crippen LogP contribution in [0.25, 0.3) is 0 Å². The molecule has 0 N–H and O–H groups in total. The normalized spacial score (nSPS) is 13.5. The smallest absolute Gasteiger partial charge is 0.266 e. The molecule has 3 aromatic rings. The van der Waals surface area contributed by atoms with Crippen molar-refractivity contribution < 1.29 is 9.59 Å². The van der Waals surface area contributed by atoms with Crippen LogP contribution in [0.3, 0.4) is 0 Å². The highest BCUT2D eigenvalue weighted by Crippen LogP contribution is 2.32. The number of rotatable bonds is 3. The van der Waals surface area contributed by atoms with Crippen molar-refractivity contribution in [1.29, 1.82) is 0 Å². The van der Waals surface area contributed by atoms with Gasteiger partial charge in [-0.05, 0) is 48.9 Å². The monoisotopic (exact) mass is 341 g/mol. The Morgan fingerprint density at radius 3 is 2.00 bits per heavy atom. The van der Waals surface area contributed by atoms with Gasteiger partial charge in [-0.15, -0.1) is 0 Å². The van der Waals surface area contributed by atoms with Crippen molar-refractivity contribution in [3.05, 3.63) is 89.5 Å². The van der Waals surface area contributed by atoms with Crippen LogP contribution in [-0.2, 0) is 0 Å². The number of nitrogens with zero attached hydrogens (tertiary/aromatic N) is 3. The molecule has 0 radical (unpaired) electrons. The Labute approximate surface area is 150 Å². The third-order valence-corrected chi connectivity index (χ3v) is 4.27. The fourth-order valence-electron chi connectivity index (χ4n) is 2.87. The summed E-state index contributed by atoms with van der Waals surface area (Å²) in [6.07, 6.45) is 0. The van der Waals surface area contributed by atoms with Crippen LogP contribution >= 0.6 is 0 Å². The molecular formula is C21H15N3O2. The lowest BCUT2D eigenvalue weighted by atomic mass is 10.1. The van der Waals surface area contributed by atoms with E-state index in [4.69, 9.17) is 0 Å². The van der Waals surface area contributed by atoms with E-state index in [1.807, 2.05) is 43.3 Å². The number of fused-ring (bicyclic) bond motifs is 1. The Balaban J connectivity index is 1.70. The molecule has 1 heterocycles. The van der Waals surface area contributed by atoms with Gasteiger partial charge >= 0.3 is 0 Å². The zero-order chi connectivity index (χ0) is 18.1. The zero-order valence-corrected chi connectivity index (χ0v) is 14.1. The van der Waals surface area contributed by atoms with Gasteiger partial charge in [0.25, 0.3) is 11.8 Å². The molecule has 5 nitrogen and oxygen atoms in total. The molecule has 126 valence electrons. The molecule has 1 aliphatic rings. The van der Waals surface area contributed by atoms with Crippen LogP contribution in [0.1, 0.15) is 26.3 Å². The third kappa shape index (κ3) is 2.69.